The standard InChI is InChI=1S/C14H23N3O/c1-10-8-11(6-7-12(10)15)13(18)16-9-14(2,3)17(4)5/h6-8H,9,15H2,1-5H3,(H,16,18). The van der Waals surface area contributed by atoms with Crippen LogP contribution in [0.3, 0.4) is 0 Å². The highest BCUT2D eigenvalue weighted by atomic mass is 16.1. The van der Waals surface area contributed by atoms with Crippen molar-refractivity contribution in [3.63, 3.8) is 0 Å². The fraction of sp³-hybridized carbons (Fsp3) is 0.500. The smallest absolute Gasteiger partial charge is 0.251 e. The lowest BCUT2D eigenvalue weighted by Crippen LogP contribution is -2.48. The zero-order valence-corrected chi connectivity index (χ0v) is 11.9. The minimum Gasteiger partial charge on any atom is -0.399 e. The van der Waals surface area contributed by atoms with E-state index in [2.05, 4.69) is 24.1 Å². The molecule has 0 bridgehead atoms. The number of benzene rings is 1. The van der Waals surface area contributed by atoms with Crippen LogP contribution in [0.1, 0.15) is 29.8 Å². The van der Waals surface area contributed by atoms with Crippen LogP contribution in [0.15, 0.2) is 18.2 Å². The lowest BCUT2D eigenvalue weighted by Gasteiger charge is -2.32. The van der Waals surface area contributed by atoms with Crippen LogP contribution in [0.4, 0.5) is 5.69 Å². The summed E-state index contributed by atoms with van der Waals surface area (Å²) in [6, 6.07) is 5.33. The van der Waals surface area contributed by atoms with Gasteiger partial charge in [-0.15, -0.1) is 0 Å². The largest absolute Gasteiger partial charge is 0.399 e. The van der Waals surface area contributed by atoms with Gasteiger partial charge < -0.3 is 16.0 Å². The molecule has 0 unspecified atom stereocenters. The maximum atomic E-state index is 12.0. The third kappa shape index (κ3) is 3.47. The van der Waals surface area contributed by atoms with Crippen LogP contribution in [0.5, 0.6) is 0 Å². The highest BCUT2D eigenvalue weighted by Crippen LogP contribution is 2.13. The Labute approximate surface area is 109 Å². The summed E-state index contributed by atoms with van der Waals surface area (Å²) in [6.45, 7) is 6.67. The summed E-state index contributed by atoms with van der Waals surface area (Å²) in [7, 11) is 4.00. The number of nitrogens with one attached hydrogen (secondary N) is 1. The van der Waals surface area contributed by atoms with Gasteiger partial charge in [0.15, 0.2) is 0 Å². The van der Waals surface area contributed by atoms with Gasteiger partial charge in [-0.05, 0) is 58.6 Å². The number of rotatable bonds is 4. The Morgan fingerprint density at radius 3 is 2.50 bits per heavy atom. The van der Waals surface area contributed by atoms with E-state index in [4.69, 9.17) is 5.73 Å². The summed E-state index contributed by atoms with van der Waals surface area (Å²) in [6.07, 6.45) is 0. The van der Waals surface area contributed by atoms with Crippen molar-refractivity contribution in [1.82, 2.24) is 10.2 Å². The third-order valence-electron chi connectivity index (χ3n) is 3.42. The van der Waals surface area contributed by atoms with E-state index in [0.717, 1.165) is 5.56 Å². The molecule has 0 radical (unpaired) electrons. The number of aryl methyl sites for hydroxylation is 1. The average Bonchev–Trinajstić information content (AvgIpc) is 2.29. The zero-order valence-electron chi connectivity index (χ0n) is 11.9. The predicted octanol–water partition coefficient (Wildman–Crippen LogP) is 1.65. The van der Waals surface area contributed by atoms with Crippen LogP contribution in [-0.4, -0.2) is 37.0 Å². The quantitative estimate of drug-likeness (QED) is 0.798. The molecule has 0 aromatic heterocycles. The SMILES string of the molecule is Cc1cc(C(=O)NCC(C)(C)N(C)C)ccc1N. The second kappa shape index (κ2) is 5.40. The Balaban J connectivity index is 2.69. The summed E-state index contributed by atoms with van der Waals surface area (Å²) in [5.74, 6) is -0.0620. The summed E-state index contributed by atoms with van der Waals surface area (Å²) in [5.41, 5.74) is 7.95. The van der Waals surface area contributed by atoms with Crippen molar-refractivity contribution in [3.8, 4) is 0 Å². The van der Waals surface area contributed by atoms with Gasteiger partial charge in [-0.1, -0.05) is 0 Å². The van der Waals surface area contributed by atoms with Gasteiger partial charge in [0.05, 0.1) is 0 Å². The van der Waals surface area contributed by atoms with E-state index in [1.54, 1.807) is 12.1 Å². The number of hydrogen-bond acceptors (Lipinski definition) is 3. The van der Waals surface area contributed by atoms with Crippen molar-refractivity contribution in [2.75, 3.05) is 26.4 Å². The molecule has 18 heavy (non-hydrogen) atoms. The first kappa shape index (κ1) is 14.5. The maximum Gasteiger partial charge on any atom is 0.251 e. The third-order valence-corrected chi connectivity index (χ3v) is 3.42. The first-order valence-corrected chi connectivity index (χ1v) is 6.06. The highest BCUT2D eigenvalue weighted by Gasteiger charge is 2.21. The lowest BCUT2D eigenvalue weighted by molar-refractivity contribution is 0.0919. The molecule has 4 nitrogen and oxygen atoms in total. The molecule has 0 saturated heterocycles. The molecule has 0 aliphatic rings. The van der Waals surface area contributed by atoms with Crippen molar-refractivity contribution in [3.05, 3.63) is 29.3 Å². The van der Waals surface area contributed by atoms with E-state index in [0.29, 0.717) is 17.8 Å². The van der Waals surface area contributed by atoms with Crippen LogP contribution in [0, 0.1) is 6.92 Å². The van der Waals surface area contributed by atoms with Gasteiger partial charge in [0.25, 0.3) is 5.91 Å². The molecule has 1 amide bonds. The fourth-order valence-electron chi connectivity index (χ4n) is 1.37. The van der Waals surface area contributed by atoms with Crippen molar-refractivity contribution >= 4 is 11.6 Å². The molecule has 0 heterocycles. The summed E-state index contributed by atoms with van der Waals surface area (Å²) < 4.78 is 0. The van der Waals surface area contributed by atoms with Gasteiger partial charge in [0.2, 0.25) is 0 Å². The van der Waals surface area contributed by atoms with Crippen molar-refractivity contribution in [2.24, 2.45) is 0 Å². The molecule has 0 saturated carbocycles. The average molecular weight is 249 g/mol. The van der Waals surface area contributed by atoms with E-state index in [1.807, 2.05) is 27.1 Å². The molecule has 4 heteroatoms. The molecular weight excluding hydrogens is 226 g/mol. The second-order valence-corrected chi connectivity index (χ2v) is 5.46. The molecule has 100 valence electrons. The number of anilines is 1. The highest BCUT2D eigenvalue weighted by molar-refractivity contribution is 5.94. The topological polar surface area (TPSA) is 58.4 Å². The van der Waals surface area contributed by atoms with Crippen LogP contribution in [0.25, 0.3) is 0 Å². The number of nitrogens with zero attached hydrogens (tertiary/aromatic N) is 1. The molecule has 1 rings (SSSR count). The minimum atomic E-state index is -0.0709. The van der Waals surface area contributed by atoms with Crippen LogP contribution < -0.4 is 11.1 Å². The van der Waals surface area contributed by atoms with Crippen LogP contribution in [-0.2, 0) is 0 Å². The first-order valence-electron chi connectivity index (χ1n) is 6.06. The molecule has 1 aromatic carbocycles. The van der Waals surface area contributed by atoms with Gasteiger partial charge in [0, 0.05) is 23.3 Å². The van der Waals surface area contributed by atoms with E-state index in [1.165, 1.54) is 0 Å². The molecule has 3 N–H and O–H groups in total. The van der Waals surface area contributed by atoms with Crippen molar-refractivity contribution < 1.29 is 4.79 Å². The van der Waals surface area contributed by atoms with E-state index in [9.17, 15) is 4.79 Å². The number of likely N-dealkylation sites (N-methyl/N-ethyl adjacent to an activating group) is 1. The molecule has 1 aromatic rings. The number of carbonyl (C=O) groups excluding carboxylic acids is 1. The van der Waals surface area contributed by atoms with Gasteiger partial charge in [-0.25, -0.2) is 0 Å². The second-order valence-electron chi connectivity index (χ2n) is 5.46. The number of nitrogens with two attached hydrogens (primary N) is 1. The summed E-state index contributed by atoms with van der Waals surface area (Å²) in [4.78, 5) is 14.1. The Bertz CT molecular complexity index is 439. The Kier molecular flexibility index (Phi) is 4.35. The number of hydrogen-bond donors (Lipinski definition) is 2. The number of carbonyl (C=O) groups is 1. The maximum absolute atomic E-state index is 12.0. The normalized spacial score (nSPS) is 11.7. The Morgan fingerprint density at radius 1 is 1.39 bits per heavy atom. The Morgan fingerprint density at radius 2 is 2.00 bits per heavy atom. The Hall–Kier alpha value is -1.55. The summed E-state index contributed by atoms with van der Waals surface area (Å²) >= 11 is 0. The monoisotopic (exact) mass is 249 g/mol. The van der Waals surface area contributed by atoms with E-state index >= 15 is 0 Å². The van der Waals surface area contributed by atoms with Gasteiger partial charge in [-0.2, -0.15) is 0 Å². The number of amides is 1. The zero-order chi connectivity index (χ0) is 13.9. The van der Waals surface area contributed by atoms with E-state index in [-0.39, 0.29) is 11.4 Å². The van der Waals surface area contributed by atoms with Gasteiger partial charge >= 0.3 is 0 Å². The molecule has 0 atom stereocenters. The molecule has 0 aliphatic carbocycles. The van der Waals surface area contributed by atoms with Crippen molar-refractivity contribution in [1.29, 1.82) is 0 Å². The molecule has 0 spiro atoms. The lowest BCUT2D eigenvalue weighted by atomic mass is 10.0. The molecular formula is C14H23N3O. The minimum absolute atomic E-state index is 0.0620. The number of nitrogen functional groups attached to an aromatic ring is 1. The van der Waals surface area contributed by atoms with Gasteiger partial charge in [-0.3, -0.25) is 4.79 Å². The first-order chi connectivity index (χ1) is 8.24. The van der Waals surface area contributed by atoms with Crippen LogP contribution >= 0.6 is 0 Å². The summed E-state index contributed by atoms with van der Waals surface area (Å²) in [5, 5.41) is 2.95. The van der Waals surface area contributed by atoms with E-state index < -0.39 is 0 Å². The molecule has 0 aliphatic heterocycles. The fourth-order valence-corrected chi connectivity index (χ4v) is 1.37. The predicted molar refractivity (Wildman–Crippen MR) is 75.7 cm³/mol. The van der Waals surface area contributed by atoms with Gasteiger partial charge in [0.1, 0.15) is 0 Å². The van der Waals surface area contributed by atoms with Crippen molar-refractivity contribution in [2.45, 2.75) is 26.3 Å². The molecule has 0 fully saturated rings. The van der Waals surface area contributed by atoms with Crippen LogP contribution in [0.2, 0.25) is 0 Å².